The van der Waals surface area contributed by atoms with Crippen molar-refractivity contribution < 1.29 is 13.2 Å². The molecule has 0 aromatic heterocycles. The van der Waals surface area contributed by atoms with Gasteiger partial charge in [0.2, 0.25) is 0 Å². The third kappa shape index (κ3) is 4.04. The minimum atomic E-state index is -1.36. The Labute approximate surface area is 148 Å². The summed E-state index contributed by atoms with van der Waals surface area (Å²) in [5.74, 6) is 0.774. The van der Waals surface area contributed by atoms with Crippen LogP contribution in [0.25, 0.3) is 0 Å². The highest BCUT2D eigenvalue weighted by Gasteiger charge is 2.45. The Morgan fingerprint density at radius 1 is 0.708 bits per heavy atom. The van der Waals surface area contributed by atoms with Gasteiger partial charge in [-0.05, 0) is 68.0 Å². The van der Waals surface area contributed by atoms with Crippen LogP contribution in [0.4, 0.5) is 13.2 Å². The van der Waals surface area contributed by atoms with Crippen molar-refractivity contribution in [3.8, 4) is 0 Å². The molecule has 0 aliphatic heterocycles. The molecule has 24 heavy (non-hydrogen) atoms. The maximum absolute atomic E-state index is 14.8. The van der Waals surface area contributed by atoms with Crippen molar-refractivity contribution in [3.05, 3.63) is 0 Å². The average molecular weight is 360 g/mol. The summed E-state index contributed by atoms with van der Waals surface area (Å²) in [6.45, 7) is 0. The van der Waals surface area contributed by atoms with E-state index in [-0.39, 0.29) is 24.7 Å². The highest BCUT2D eigenvalue weighted by atomic mass is 32.1. The molecule has 0 aromatic rings. The molecule has 1 nitrogen and oxygen atoms in total. The van der Waals surface area contributed by atoms with Gasteiger partial charge in [-0.15, -0.1) is 0 Å². The average Bonchev–Trinajstić information content (AvgIpc) is 2.58. The lowest BCUT2D eigenvalue weighted by atomic mass is 9.65. The summed E-state index contributed by atoms with van der Waals surface area (Å²) in [7, 11) is 0. The molecule has 5 heteroatoms. The van der Waals surface area contributed by atoms with Gasteiger partial charge in [0, 0.05) is 0 Å². The van der Waals surface area contributed by atoms with Crippen molar-refractivity contribution >= 4 is 17.4 Å². The van der Waals surface area contributed by atoms with E-state index < -0.39 is 24.6 Å². The Morgan fingerprint density at radius 2 is 1.33 bits per heavy atom. The smallest absolute Gasteiger partial charge is 0.126 e. The van der Waals surface area contributed by atoms with E-state index >= 15 is 0 Å². The molecule has 3 rings (SSSR count). The van der Waals surface area contributed by atoms with Gasteiger partial charge in [0.15, 0.2) is 0 Å². The van der Waals surface area contributed by atoms with Gasteiger partial charge in [-0.1, -0.05) is 32.1 Å². The van der Waals surface area contributed by atoms with Crippen LogP contribution >= 0.6 is 12.2 Å². The van der Waals surface area contributed by atoms with Gasteiger partial charge in [-0.25, -0.2) is 18.2 Å². The Bertz CT molecular complexity index is 450. The molecule has 5 atom stereocenters. The second-order valence-corrected chi connectivity index (χ2v) is 8.31. The molecule has 3 aliphatic rings. The maximum Gasteiger partial charge on any atom is 0.126 e. The number of hydrogen-bond acceptors (Lipinski definition) is 2. The first-order chi connectivity index (χ1) is 11.6. The number of thiocarbonyl (C=S) groups is 1. The maximum atomic E-state index is 14.8. The normalized spacial score (nSPS) is 44.7. The molecular weight excluding hydrogens is 331 g/mol. The fourth-order valence-corrected chi connectivity index (χ4v) is 5.61. The summed E-state index contributed by atoms with van der Waals surface area (Å²) in [4.78, 5) is 3.64. The van der Waals surface area contributed by atoms with Crippen molar-refractivity contribution in [1.29, 1.82) is 0 Å². The Morgan fingerprint density at radius 3 is 1.92 bits per heavy atom. The van der Waals surface area contributed by atoms with Crippen molar-refractivity contribution in [2.45, 2.75) is 88.8 Å². The van der Waals surface area contributed by atoms with Crippen molar-refractivity contribution in [2.24, 2.45) is 28.7 Å². The third-order valence-electron chi connectivity index (χ3n) is 6.78. The number of isothiocyanates is 1. The second-order valence-electron chi connectivity index (χ2n) is 8.13. The van der Waals surface area contributed by atoms with Crippen LogP contribution in [0, 0.1) is 23.7 Å². The molecule has 0 radical (unpaired) electrons. The van der Waals surface area contributed by atoms with E-state index in [0.717, 1.165) is 12.8 Å². The molecule has 3 aliphatic carbocycles. The van der Waals surface area contributed by atoms with E-state index in [2.05, 4.69) is 22.4 Å². The molecule has 0 N–H and O–H groups in total. The first kappa shape index (κ1) is 18.4. The zero-order valence-corrected chi connectivity index (χ0v) is 15.0. The van der Waals surface area contributed by atoms with Gasteiger partial charge in [0.1, 0.15) is 24.6 Å². The number of rotatable bonds is 3. The topological polar surface area (TPSA) is 12.4 Å². The number of alkyl halides is 3. The first-order valence-corrected chi connectivity index (χ1v) is 10.00. The molecular formula is C19H28F3NS. The summed E-state index contributed by atoms with van der Waals surface area (Å²) >= 11 is 4.48. The lowest BCUT2D eigenvalue weighted by Crippen LogP contribution is -2.44. The van der Waals surface area contributed by atoms with Crippen LogP contribution in [0.3, 0.4) is 0 Å². The van der Waals surface area contributed by atoms with Gasteiger partial charge in [-0.2, -0.15) is 0 Å². The number of halogens is 3. The molecule has 0 amide bonds. The Hall–Kier alpha value is -0.410. The van der Waals surface area contributed by atoms with Gasteiger partial charge >= 0.3 is 0 Å². The molecule has 0 aromatic carbocycles. The number of hydrogen-bond donors (Lipinski definition) is 0. The zero-order chi connectivity index (χ0) is 17.1. The standard InChI is InChI=1S/C19H28F3NS/c20-16-8-13(12-4-2-1-3-5-12)6-7-15(16)14-9-17(21)19(23-11-24)18(22)10-14/h12-19H,1-10H2. The third-order valence-corrected chi connectivity index (χ3v) is 6.89. The first-order valence-electron chi connectivity index (χ1n) is 9.59. The zero-order valence-electron chi connectivity index (χ0n) is 14.2. The van der Waals surface area contributed by atoms with Crippen LogP contribution in [-0.2, 0) is 0 Å². The predicted molar refractivity (Wildman–Crippen MR) is 93.6 cm³/mol. The second kappa shape index (κ2) is 8.31. The van der Waals surface area contributed by atoms with Crippen LogP contribution in [0.15, 0.2) is 4.99 Å². The lowest BCUT2D eigenvalue weighted by Gasteiger charge is -2.43. The van der Waals surface area contributed by atoms with Crippen LogP contribution in [-0.4, -0.2) is 29.7 Å². The summed E-state index contributed by atoms with van der Waals surface area (Å²) < 4.78 is 43.3. The van der Waals surface area contributed by atoms with Crippen LogP contribution in [0.1, 0.15) is 64.2 Å². The summed E-state index contributed by atoms with van der Waals surface area (Å²) in [6.07, 6.45) is 5.55. The number of aliphatic imine (C=N–C) groups is 1. The minimum absolute atomic E-state index is 0.182. The van der Waals surface area contributed by atoms with Crippen molar-refractivity contribution in [1.82, 2.24) is 0 Å². The molecule has 136 valence electrons. The van der Waals surface area contributed by atoms with Gasteiger partial charge in [-0.3, -0.25) is 0 Å². The van der Waals surface area contributed by atoms with Crippen LogP contribution in [0.5, 0.6) is 0 Å². The number of nitrogens with zero attached hydrogens (tertiary/aromatic N) is 1. The van der Waals surface area contributed by atoms with E-state index in [1.165, 1.54) is 32.1 Å². The quantitative estimate of drug-likeness (QED) is 0.453. The molecule has 0 saturated heterocycles. The summed E-state index contributed by atoms with van der Waals surface area (Å²) in [5.41, 5.74) is 0. The van der Waals surface area contributed by atoms with Crippen molar-refractivity contribution in [2.75, 3.05) is 0 Å². The molecule has 0 bridgehead atoms. The van der Waals surface area contributed by atoms with Crippen molar-refractivity contribution in [3.63, 3.8) is 0 Å². The van der Waals surface area contributed by atoms with Gasteiger partial charge in [0.25, 0.3) is 0 Å². The highest BCUT2D eigenvalue weighted by Crippen LogP contribution is 2.46. The molecule has 0 spiro atoms. The Balaban J connectivity index is 1.57. The molecule has 5 unspecified atom stereocenters. The van der Waals surface area contributed by atoms with E-state index in [9.17, 15) is 13.2 Å². The fourth-order valence-electron chi connectivity index (χ4n) is 5.49. The lowest BCUT2D eigenvalue weighted by molar-refractivity contribution is 0.00337. The van der Waals surface area contributed by atoms with E-state index in [1.807, 2.05) is 0 Å². The van der Waals surface area contributed by atoms with E-state index in [0.29, 0.717) is 18.3 Å². The molecule has 3 fully saturated rings. The minimum Gasteiger partial charge on any atom is -0.247 e. The summed E-state index contributed by atoms with van der Waals surface area (Å²) in [6, 6.07) is -1.03. The van der Waals surface area contributed by atoms with Crippen LogP contribution in [0.2, 0.25) is 0 Å². The fraction of sp³-hybridized carbons (Fsp3) is 0.947. The van der Waals surface area contributed by atoms with Gasteiger partial charge in [0.05, 0.1) is 5.16 Å². The largest absolute Gasteiger partial charge is 0.247 e. The van der Waals surface area contributed by atoms with E-state index in [1.54, 1.807) is 0 Å². The SMILES string of the molecule is FC1CC(C2CCCCC2)CCC1C1CC(F)C(N=C=S)C(F)C1. The van der Waals surface area contributed by atoms with Gasteiger partial charge < -0.3 is 0 Å². The molecule has 3 saturated carbocycles. The molecule has 0 heterocycles. The predicted octanol–water partition coefficient (Wildman–Crippen LogP) is 5.88. The summed E-state index contributed by atoms with van der Waals surface area (Å²) in [5, 5.41) is 2.10. The van der Waals surface area contributed by atoms with Crippen LogP contribution < -0.4 is 0 Å². The highest BCUT2D eigenvalue weighted by molar-refractivity contribution is 7.78. The monoisotopic (exact) mass is 359 g/mol. The van der Waals surface area contributed by atoms with E-state index in [4.69, 9.17) is 0 Å². The Kier molecular flexibility index (Phi) is 6.37.